The van der Waals surface area contributed by atoms with Gasteiger partial charge in [-0.25, -0.2) is 4.98 Å². The van der Waals surface area contributed by atoms with E-state index in [1.807, 2.05) is 27.0 Å². The van der Waals surface area contributed by atoms with E-state index in [0.29, 0.717) is 6.54 Å². The molecule has 0 radical (unpaired) electrons. The third-order valence-electron chi connectivity index (χ3n) is 3.94. The van der Waals surface area contributed by atoms with Crippen LogP contribution in [0.2, 0.25) is 0 Å². The molecule has 2 aromatic rings. The Bertz CT molecular complexity index is 795. The van der Waals surface area contributed by atoms with Gasteiger partial charge in [0.2, 0.25) is 0 Å². The molecule has 0 unspecified atom stereocenters. The maximum atomic E-state index is 11.9. The fourth-order valence-corrected chi connectivity index (χ4v) is 2.64. The molecule has 0 aliphatic rings. The number of carbonyl (C=O) groups excluding carboxylic acids is 1. The van der Waals surface area contributed by atoms with E-state index < -0.39 is 0 Å². The number of hydrogen-bond acceptors (Lipinski definition) is 5. The number of anilines is 1. The highest BCUT2D eigenvalue weighted by Gasteiger charge is 2.12. The minimum Gasteiger partial charge on any atom is -0.404 e. The van der Waals surface area contributed by atoms with Crippen LogP contribution in [0.3, 0.4) is 0 Å². The molecule has 0 fully saturated rings. The van der Waals surface area contributed by atoms with Crippen molar-refractivity contribution in [3.63, 3.8) is 0 Å². The van der Waals surface area contributed by atoms with Crippen molar-refractivity contribution in [2.75, 3.05) is 12.4 Å². The number of nitrogens with zero attached hydrogens (tertiary/aromatic N) is 1. The molecule has 0 bridgehead atoms. The number of amides is 1. The number of rotatable bonds is 5. The summed E-state index contributed by atoms with van der Waals surface area (Å²) in [4.78, 5) is 16.3. The molecule has 6 heteroatoms. The Kier molecular flexibility index (Phi) is 4.95. The van der Waals surface area contributed by atoms with Crippen LogP contribution in [-0.4, -0.2) is 24.2 Å². The van der Waals surface area contributed by atoms with Gasteiger partial charge in [-0.1, -0.05) is 0 Å². The quantitative estimate of drug-likeness (QED) is 0.501. The van der Waals surface area contributed by atoms with Crippen molar-refractivity contribution >= 4 is 28.7 Å². The average molecular weight is 311 g/mol. The lowest BCUT2D eigenvalue weighted by molar-refractivity contribution is -0.117. The van der Waals surface area contributed by atoms with E-state index in [1.54, 1.807) is 6.20 Å². The number of benzene rings is 1. The van der Waals surface area contributed by atoms with Crippen LogP contribution in [-0.2, 0) is 11.3 Å². The second kappa shape index (κ2) is 6.91. The van der Waals surface area contributed by atoms with Crippen molar-refractivity contribution in [1.29, 1.82) is 5.41 Å². The molecule has 5 N–H and O–H groups in total. The first-order valence-electron chi connectivity index (χ1n) is 7.29. The van der Waals surface area contributed by atoms with Gasteiger partial charge >= 0.3 is 0 Å². The number of fused-ring (bicyclic) bond motifs is 1. The molecule has 0 aliphatic carbocycles. The first-order valence-corrected chi connectivity index (χ1v) is 7.29. The summed E-state index contributed by atoms with van der Waals surface area (Å²) in [5.74, 6) is 0.480. The predicted molar refractivity (Wildman–Crippen MR) is 93.7 cm³/mol. The zero-order chi connectivity index (χ0) is 17.0. The van der Waals surface area contributed by atoms with Crippen molar-refractivity contribution in [1.82, 2.24) is 10.3 Å². The van der Waals surface area contributed by atoms with Crippen molar-refractivity contribution in [2.45, 2.75) is 20.4 Å². The topological polar surface area (TPSA) is 104 Å². The van der Waals surface area contributed by atoms with E-state index in [4.69, 9.17) is 11.1 Å². The van der Waals surface area contributed by atoms with Gasteiger partial charge in [0.25, 0.3) is 5.91 Å². The van der Waals surface area contributed by atoms with Gasteiger partial charge in [0.15, 0.2) is 0 Å². The third kappa shape index (κ3) is 3.15. The van der Waals surface area contributed by atoms with Gasteiger partial charge < -0.3 is 21.8 Å². The maximum Gasteiger partial charge on any atom is 0.254 e. The van der Waals surface area contributed by atoms with E-state index in [-0.39, 0.29) is 11.5 Å². The molecule has 0 atom stereocenters. The molecule has 23 heavy (non-hydrogen) atoms. The fourth-order valence-electron chi connectivity index (χ4n) is 2.64. The first-order chi connectivity index (χ1) is 11.0. The van der Waals surface area contributed by atoms with Crippen LogP contribution >= 0.6 is 0 Å². The van der Waals surface area contributed by atoms with Gasteiger partial charge in [0.1, 0.15) is 5.82 Å². The van der Waals surface area contributed by atoms with Crippen LogP contribution in [0.25, 0.3) is 10.8 Å². The molecular formula is C17H21N5O. The Hall–Kier alpha value is -2.89. The van der Waals surface area contributed by atoms with Gasteiger partial charge in [-0.3, -0.25) is 4.79 Å². The fraction of sp³-hybridized carbons (Fsp3) is 0.235. The van der Waals surface area contributed by atoms with E-state index in [1.165, 1.54) is 0 Å². The largest absolute Gasteiger partial charge is 0.404 e. The summed E-state index contributed by atoms with van der Waals surface area (Å²) in [6.45, 7) is 4.43. The van der Waals surface area contributed by atoms with Crippen molar-refractivity contribution < 1.29 is 4.79 Å². The Labute approximate surface area is 135 Å². The van der Waals surface area contributed by atoms with Gasteiger partial charge in [-0.15, -0.1) is 0 Å². The molecule has 0 saturated carbocycles. The number of carbonyl (C=O) groups is 1. The highest BCUT2D eigenvalue weighted by atomic mass is 16.1. The monoisotopic (exact) mass is 311 g/mol. The standard InChI is InChI=1S/C17H21N5O/c1-10-6-14-13(4-5-21-16(14)20-3)11(2)15(10)9-22-17(23)12(7-18)8-19/h4-8,18H,9,19H2,1-3H3,(H,20,21)(H,22,23)/b12-8+,18-7?. The minimum absolute atomic E-state index is 0.141. The first kappa shape index (κ1) is 16.5. The summed E-state index contributed by atoms with van der Waals surface area (Å²) in [6, 6.07) is 4.04. The van der Waals surface area contributed by atoms with E-state index in [0.717, 1.165) is 45.7 Å². The van der Waals surface area contributed by atoms with Gasteiger partial charge in [-0.05, 0) is 48.1 Å². The number of hydrogen-bond donors (Lipinski definition) is 4. The number of pyridine rings is 1. The number of aryl methyl sites for hydroxylation is 2. The lowest BCUT2D eigenvalue weighted by Gasteiger charge is -2.15. The second-order valence-corrected chi connectivity index (χ2v) is 5.25. The lowest BCUT2D eigenvalue weighted by Crippen LogP contribution is -2.26. The highest BCUT2D eigenvalue weighted by molar-refractivity contribution is 6.11. The summed E-state index contributed by atoms with van der Waals surface area (Å²) < 4.78 is 0. The van der Waals surface area contributed by atoms with E-state index in [2.05, 4.69) is 21.7 Å². The zero-order valence-electron chi connectivity index (χ0n) is 13.5. The molecule has 0 spiro atoms. The number of nitrogens with one attached hydrogen (secondary N) is 3. The van der Waals surface area contributed by atoms with Crippen molar-refractivity contribution in [3.05, 3.63) is 46.8 Å². The van der Waals surface area contributed by atoms with Crippen LogP contribution < -0.4 is 16.4 Å². The zero-order valence-corrected chi connectivity index (χ0v) is 13.5. The smallest absolute Gasteiger partial charge is 0.254 e. The molecule has 0 aliphatic heterocycles. The lowest BCUT2D eigenvalue weighted by atomic mass is 9.96. The minimum atomic E-state index is -0.355. The summed E-state index contributed by atoms with van der Waals surface area (Å²) in [6.07, 6.45) is 3.84. The van der Waals surface area contributed by atoms with Crippen molar-refractivity contribution in [3.8, 4) is 0 Å². The summed E-state index contributed by atoms with van der Waals surface area (Å²) in [5, 5.41) is 15.2. The van der Waals surface area contributed by atoms with Crippen LogP contribution in [0.4, 0.5) is 5.82 Å². The number of aromatic nitrogens is 1. The molecule has 2 rings (SSSR count). The van der Waals surface area contributed by atoms with Crippen LogP contribution in [0.1, 0.15) is 16.7 Å². The Morgan fingerprint density at radius 1 is 1.39 bits per heavy atom. The third-order valence-corrected chi connectivity index (χ3v) is 3.94. The second-order valence-electron chi connectivity index (χ2n) is 5.25. The van der Waals surface area contributed by atoms with E-state index >= 15 is 0 Å². The molecule has 1 aromatic carbocycles. The maximum absolute atomic E-state index is 11.9. The van der Waals surface area contributed by atoms with Gasteiger partial charge in [0, 0.05) is 37.6 Å². The normalized spacial score (nSPS) is 11.3. The van der Waals surface area contributed by atoms with E-state index in [9.17, 15) is 4.79 Å². The molecule has 1 aromatic heterocycles. The Balaban J connectivity index is 2.39. The predicted octanol–water partition coefficient (Wildman–Crippen LogP) is 2.00. The van der Waals surface area contributed by atoms with Crippen LogP contribution in [0.15, 0.2) is 30.1 Å². The Morgan fingerprint density at radius 2 is 2.13 bits per heavy atom. The molecule has 0 saturated heterocycles. The van der Waals surface area contributed by atoms with Crippen LogP contribution in [0.5, 0.6) is 0 Å². The average Bonchev–Trinajstić information content (AvgIpc) is 2.55. The molecule has 6 nitrogen and oxygen atoms in total. The summed E-state index contributed by atoms with van der Waals surface area (Å²) >= 11 is 0. The van der Waals surface area contributed by atoms with Gasteiger partial charge in [0.05, 0.1) is 5.57 Å². The SMILES string of the molecule is CNc1nccc2c(C)c(CNC(=O)/C(C=N)=C/N)c(C)cc12. The van der Waals surface area contributed by atoms with Gasteiger partial charge in [-0.2, -0.15) is 0 Å². The van der Waals surface area contributed by atoms with Crippen LogP contribution in [0, 0.1) is 19.3 Å². The molecule has 120 valence electrons. The Morgan fingerprint density at radius 3 is 2.74 bits per heavy atom. The number of nitrogens with two attached hydrogens (primary N) is 1. The highest BCUT2D eigenvalue weighted by Crippen LogP contribution is 2.28. The molecular weight excluding hydrogens is 290 g/mol. The van der Waals surface area contributed by atoms with Crippen molar-refractivity contribution in [2.24, 2.45) is 5.73 Å². The summed E-state index contributed by atoms with van der Waals surface area (Å²) in [5.41, 5.74) is 8.71. The summed E-state index contributed by atoms with van der Waals surface area (Å²) in [7, 11) is 1.85. The molecule has 1 heterocycles. The molecule has 1 amide bonds.